The molecular weight excluding hydrogens is 255 g/mol. The van der Waals surface area contributed by atoms with Gasteiger partial charge in [0, 0.05) is 11.6 Å². The molecule has 0 aliphatic rings. The Morgan fingerprint density at radius 1 is 1.44 bits per heavy atom. The molecular formula is C13H14ClFN2O. The van der Waals surface area contributed by atoms with Crippen molar-refractivity contribution in [2.24, 2.45) is 0 Å². The number of hydrogen-bond donors (Lipinski definition) is 1. The van der Waals surface area contributed by atoms with Gasteiger partial charge in [-0.1, -0.05) is 11.6 Å². The predicted octanol–water partition coefficient (Wildman–Crippen LogP) is 3.63. The highest BCUT2D eigenvalue weighted by Crippen LogP contribution is 2.16. The van der Waals surface area contributed by atoms with E-state index in [1.165, 1.54) is 12.1 Å². The van der Waals surface area contributed by atoms with Gasteiger partial charge in [-0.2, -0.15) is 0 Å². The Morgan fingerprint density at radius 2 is 2.22 bits per heavy atom. The van der Waals surface area contributed by atoms with Gasteiger partial charge in [0.1, 0.15) is 11.6 Å². The van der Waals surface area contributed by atoms with E-state index in [1.54, 1.807) is 12.3 Å². The summed E-state index contributed by atoms with van der Waals surface area (Å²) in [6.07, 6.45) is 1.67. The molecule has 1 aromatic heterocycles. The van der Waals surface area contributed by atoms with Gasteiger partial charge in [-0.3, -0.25) is 0 Å². The van der Waals surface area contributed by atoms with E-state index >= 15 is 0 Å². The standard InChI is InChI=1S/C13H14ClFN2O/c1-8-6-17-13(18-8)9(2)16-7-10-3-11(14)5-12(15)4-10/h3-6,9,16H,7H2,1-2H3. The Kier molecular flexibility index (Phi) is 3.99. The zero-order valence-corrected chi connectivity index (χ0v) is 11.0. The summed E-state index contributed by atoms with van der Waals surface area (Å²) < 4.78 is 18.5. The van der Waals surface area contributed by atoms with Crippen molar-refractivity contribution in [3.63, 3.8) is 0 Å². The minimum Gasteiger partial charge on any atom is -0.444 e. The van der Waals surface area contributed by atoms with Crippen LogP contribution in [0.1, 0.15) is 30.2 Å². The molecule has 0 saturated heterocycles. The smallest absolute Gasteiger partial charge is 0.211 e. The van der Waals surface area contributed by atoms with Gasteiger partial charge in [-0.05, 0) is 37.6 Å². The van der Waals surface area contributed by atoms with Gasteiger partial charge in [0.2, 0.25) is 5.89 Å². The van der Waals surface area contributed by atoms with E-state index in [1.807, 2.05) is 13.8 Å². The van der Waals surface area contributed by atoms with Crippen molar-refractivity contribution < 1.29 is 8.81 Å². The summed E-state index contributed by atoms with van der Waals surface area (Å²) in [6, 6.07) is 4.42. The summed E-state index contributed by atoms with van der Waals surface area (Å²) in [5.41, 5.74) is 0.787. The first-order valence-corrected chi connectivity index (χ1v) is 6.03. The highest BCUT2D eigenvalue weighted by atomic mass is 35.5. The molecule has 0 spiro atoms. The molecule has 1 heterocycles. The Hall–Kier alpha value is -1.39. The third-order valence-corrected chi connectivity index (χ3v) is 2.76. The molecule has 2 aromatic rings. The molecule has 0 aliphatic heterocycles. The molecule has 96 valence electrons. The van der Waals surface area contributed by atoms with E-state index in [4.69, 9.17) is 16.0 Å². The topological polar surface area (TPSA) is 38.1 Å². The van der Waals surface area contributed by atoms with Crippen LogP contribution in [-0.2, 0) is 6.54 Å². The summed E-state index contributed by atoms with van der Waals surface area (Å²) in [4.78, 5) is 4.13. The van der Waals surface area contributed by atoms with Crippen LogP contribution in [0.3, 0.4) is 0 Å². The van der Waals surface area contributed by atoms with Crippen LogP contribution in [0.2, 0.25) is 5.02 Å². The van der Waals surface area contributed by atoms with Gasteiger partial charge < -0.3 is 9.73 Å². The number of oxazole rings is 1. The minimum atomic E-state index is -0.334. The van der Waals surface area contributed by atoms with Crippen molar-refractivity contribution in [3.8, 4) is 0 Å². The Morgan fingerprint density at radius 3 is 2.83 bits per heavy atom. The summed E-state index contributed by atoms with van der Waals surface area (Å²) in [5.74, 6) is 1.06. The minimum absolute atomic E-state index is 0.0410. The van der Waals surface area contributed by atoms with E-state index in [0.717, 1.165) is 11.3 Å². The normalized spacial score (nSPS) is 12.7. The van der Waals surface area contributed by atoms with E-state index in [2.05, 4.69) is 10.3 Å². The van der Waals surface area contributed by atoms with Gasteiger partial charge in [-0.15, -0.1) is 0 Å². The van der Waals surface area contributed by atoms with Gasteiger partial charge >= 0.3 is 0 Å². The first-order chi connectivity index (χ1) is 8.54. The maximum Gasteiger partial charge on any atom is 0.211 e. The van der Waals surface area contributed by atoms with Crippen molar-refractivity contribution in [2.75, 3.05) is 0 Å². The van der Waals surface area contributed by atoms with Crippen LogP contribution in [0, 0.1) is 12.7 Å². The summed E-state index contributed by atoms with van der Waals surface area (Å²) in [6.45, 7) is 4.28. The fourth-order valence-corrected chi connectivity index (χ4v) is 1.89. The highest BCUT2D eigenvalue weighted by Gasteiger charge is 2.10. The summed E-state index contributed by atoms with van der Waals surface area (Å²) in [5, 5.41) is 3.60. The van der Waals surface area contributed by atoms with Crippen LogP contribution < -0.4 is 5.32 Å². The van der Waals surface area contributed by atoms with E-state index in [0.29, 0.717) is 17.5 Å². The average Bonchev–Trinajstić information content (AvgIpc) is 2.71. The van der Waals surface area contributed by atoms with Gasteiger partial charge in [0.15, 0.2) is 0 Å². The maximum absolute atomic E-state index is 13.1. The molecule has 0 amide bonds. The first-order valence-electron chi connectivity index (χ1n) is 5.65. The molecule has 0 aliphatic carbocycles. The van der Waals surface area contributed by atoms with Crippen LogP contribution in [-0.4, -0.2) is 4.98 Å². The predicted molar refractivity (Wildman–Crippen MR) is 67.9 cm³/mol. The molecule has 1 atom stereocenters. The fraction of sp³-hybridized carbons (Fsp3) is 0.308. The van der Waals surface area contributed by atoms with E-state index in [9.17, 15) is 4.39 Å². The van der Waals surface area contributed by atoms with Crippen molar-refractivity contribution in [3.05, 3.63) is 52.5 Å². The zero-order valence-electron chi connectivity index (χ0n) is 10.2. The van der Waals surface area contributed by atoms with Gasteiger partial charge in [0.25, 0.3) is 0 Å². The van der Waals surface area contributed by atoms with Crippen LogP contribution >= 0.6 is 11.6 Å². The van der Waals surface area contributed by atoms with Crippen LogP contribution in [0.25, 0.3) is 0 Å². The second-order valence-corrected chi connectivity index (χ2v) is 4.63. The van der Waals surface area contributed by atoms with Crippen LogP contribution in [0.4, 0.5) is 4.39 Å². The Balaban J connectivity index is 1.99. The molecule has 1 N–H and O–H groups in total. The lowest BCUT2D eigenvalue weighted by Crippen LogP contribution is -2.18. The third kappa shape index (κ3) is 3.31. The van der Waals surface area contributed by atoms with Gasteiger partial charge in [0.05, 0.1) is 12.2 Å². The monoisotopic (exact) mass is 268 g/mol. The first kappa shape index (κ1) is 13.1. The SMILES string of the molecule is Cc1cnc(C(C)NCc2cc(F)cc(Cl)c2)o1. The second-order valence-electron chi connectivity index (χ2n) is 4.19. The van der Waals surface area contributed by atoms with E-state index < -0.39 is 0 Å². The lowest BCUT2D eigenvalue weighted by Gasteiger charge is -2.10. The number of aromatic nitrogens is 1. The number of aryl methyl sites for hydroxylation is 1. The number of rotatable bonds is 4. The number of halogens is 2. The maximum atomic E-state index is 13.1. The summed E-state index contributed by atoms with van der Waals surface area (Å²) >= 11 is 5.79. The van der Waals surface area contributed by atoms with E-state index in [-0.39, 0.29) is 11.9 Å². The molecule has 0 fully saturated rings. The molecule has 18 heavy (non-hydrogen) atoms. The average molecular weight is 269 g/mol. The van der Waals surface area contributed by atoms with Crippen molar-refractivity contribution in [1.82, 2.24) is 10.3 Å². The number of hydrogen-bond acceptors (Lipinski definition) is 3. The zero-order chi connectivity index (χ0) is 13.1. The third-order valence-electron chi connectivity index (χ3n) is 2.54. The van der Waals surface area contributed by atoms with Crippen LogP contribution in [0.15, 0.2) is 28.8 Å². The molecule has 0 radical (unpaired) electrons. The lowest BCUT2D eigenvalue weighted by atomic mass is 10.2. The fourth-order valence-electron chi connectivity index (χ4n) is 1.64. The molecule has 0 bridgehead atoms. The Labute approximate surface area is 110 Å². The summed E-state index contributed by atoms with van der Waals surface area (Å²) in [7, 11) is 0. The van der Waals surface area contributed by atoms with Gasteiger partial charge in [-0.25, -0.2) is 9.37 Å². The number of nitrogens with zero attached hydrogens (tertiary/aromatic N) is 1. The second kappa shape index (κ2) is 5.50. The molecule has 3 nitrogen and oxygen atoms in total. The highest BCUT2D eigenvalue weighted by molar-refractivity contribution is 6.30. The van der Waals surface area contributed by atoms with Crippen molar-refractivity contribution in [2.45, 2.75) is 26.4 Å². The Bertz CT molecular complexity index is 521. The molecule has 1 aromatic carbocycles. The molecule has 1 unspecified atom stereocenters. The lowest BCUT2D eigenvalue weighted by molar-refractivity contribution is 0.402. The largest absolute Gasteiger partial charge is 0.444 e. The molecule has 0 saturated carbocycles. The van der Waals surface area contributed by atoms with Crippen molar-refractivity contribution in [1.29, 1.82) is 0 Å². The quantitative estimate of drug-likeness (QED) is 0.920. The van der Waals surface area contributed by atoms with Crippen molar-refractivity contribution >= 4 is 11.6 Å². The molecule has 5 heteroatoms. The number of benzene rings is 1. The number of nitrogens with one attached hydrogen (secondary N) is 1. The molecule has 2 rings (SSSR count). The van der Waals surface area contributed by atoms with Crippen LogP contribution in [0.5, 0.6) is 0 Å².